The highest BCUT2D eigenvalue weighted by Gasteiger charge is 2.26. The number of urea groups is 1. The van der Waals surface area contributed by atoms with Crippen molar-refractivity contribution in [1.82, 2.24) is 14.7 Å². The molecule has 2 heterocycles. The summed E-state index contributed by atoms with van der Waals surface area (Å²) in [4.78, 5) is 14.2. The van der Waals surface area contributed by atoms with Crippen LogP contribution in [-0.4, -0.2) is 33.8 Å². The van der Waals surface area contributed by atoms with Crippen molar-refractivity contribution >= 4 is 11.7 Å². The van der Waals surface area contributed by atoms with Gasteiger partial charge in [-0.15, -0.1) is 0 Å². The molecule has 6 heteroatoms. The second-order valence-corrected chi connectivity index (χ2v) is 6.22. The fourth-order valence-corrected chi connectivity index (χ4v) is 3.06. The SMILES string of the molecule is Cc1cc(F)ccc1NC(=O)N1CCC(Cc2cnn(C)c2)C1. The Hall–Kier alpha value is -2.37. The average molecular weight is 316 g/mol. The third kappa shape index (κ3) is 3.70. The van der Waals surface area contributed by atoms with Crippen LogP contribution < -0.4 is 5.32 Å². The van der Waals surface area contributed by atoms with Crippen molar-refractivity contribution in [2.75, 3.05) is 18.4 Å². The number of likely N-dealkylation sites (tertiary alicyclic amines) is 1. The maximum Gasteiger partial charge on any atom is 0.321 e. The number of rotatable bonds is 3. The number of hydrogen-bond donors (Lipinski definition) is 1. The van der Waals surface area contributed by atoms with Crippen LogP contribution in [-0.2, 0) is 13.5 Å². The van der Waals surface area contributed by atoms with Gasteiger partial charge in [0.05, 0.1) is 6.20 Å². The van der Waals surface area contributed by atoms with Crippen LogP contribution in [0, 0.1) is 18.7 Å². The number of carbonyl (C=O) groups is 1. The second-order valence-electron chi connectivity index (χ2n) is 6.22. The molecule has 5 nitrogen and oxygen atoms in total. The monoisotopic (exact) mass is 316 g/mol. The zero-order valence-electron chi connectivity index (χ0n) is 13.4. The zero-order chi connectivity index (χ0) is 16.4. The Morgan fingerprint density at radius 2 is 2.30 bits per heavy atom. The van der Waals surface area contributed by atoms with E-state index in [2.05, 4.69) is 10.4 Å². The van der Waals surface area contributed by atoms with E-state index in [1.807, 2.05) is 24.3 Å². The summed E-state index contributed by atoms with van der Waals surface area (Å²) in [6, 6.07) is 4.27. The van der Waals surface area contributed by atoms with Crippen LogP contribution in [0.25, 0.3) is 0 Å². The number of hydrogen-bond acceptors (Lipinski definition) is 2. The van der Waals surface area contributed by atoms with E-state index in [-0.39, 0.29) is 11.8 Å². The number of amides is 2. The zero-order valence-corrected chi connectivity index (χ0v) is 13.4. The molecular formula is C17H21FN4O. The van der Waals surface area contributed by atoms with Crippen LogP contribution >= 0.6 is 0 Å². The topological polar surface area (TPSA) is 50.2 Å². The van der Waals surface area contributed by atoms with Gasteiger partial charge in [0, 0.05) is 32.0 Å². The van der Waals surface area contributed by atoms with Crippen molar-refractivity contribution in [3.8, 4) is 0 Å². The molecule has 0 spiro atoms. The van der Waals surface area contributed by atoms with Gasteiger partial charge in [-0.05, 0) is 55.0 Å². The van der Waals surface area contributed by atoms with Gasteiger partial charge < -0.3 is 10.2 Å². The molecule has 0 radical (unpaired) electrons. The molecular weight excluding hydrogens is 295 g/mol. The molecule has 1 aliphatic rings. The third-order valence-corrected chi connectivity index (χ3v) is 4.29. The number of nitrogens with one attached hydrogen (secondary N) is 1. The molecule has 3 rings (SSSR count). The summed E-state index contributed by atoms with van der Waals surface area (Å²) in [5.74, 6) is 0.164. The molecule has 1 atom stereocenters. The molecule has 1 unspecified atom stereocenters. The third-order valence-electron chi connectivity index (χ3n) is 4.29. The summed E-state index contributed by atoms with van der Waals surface area (Å²) in [7, 11) is 1.91. The van der Waals surface area contributed by atoms with Gasteiger partial charge in [0.1, 0.15) is 5.82 Å². The summed E-state index contributed by atoms with van der Waals surface area (Å²) < 4.78 is 14.9. The molecule has 1 saturated heterocycles. The van der Waals surface area contributed by atoms with Crippen molar-refractivity contribution in [2.24, 2.45) is 13.0 Å². The quantitative estimate of drug-likeness (QED) is 0.946. The lowest BCUT2D eigenvalue weighted by Crippen LogP contribution is -2.33. The van der Waals surface area contributed by atoms with E-state index in [0.717, 1.165) is 31.5 Å². The molecule has 2 amide bonds. The van der Waals surface area contributed by atoms with E-state index in [4.69, 9.17) is 0 Å². The Kier molecular flexibility index (Phi) is 4.32. The Morgan fingerprint density at radius 3 is 3.00 bits per heavy atom. The highest BCUT2D eigenvalue weighted by Crippen LogP contribution is 2.22. The highest BCUT2D eigenvalue weighted by atomic mass is 19.1. The Morgan fingerprint density at radius 1 is 1.48 bits per heavy atom. The largest absolute Gasteiger partial charge is 0.324 e. The average Bonchev–Trinajstić information content (AvgIpc) is 3.12. The Balaban J connectivity index is 1.56. The lowest BCUT2D eigenvalue weighted by Gasteiger charge is -2.18. The molecule has 2 aromatic rings. The normalized spacial score (nSPS) is 17.5. The number of anilines is 1. The van der Waals surface area contributed by atoms with E-state index < -0.39 is 0 Å². The van der Waals surface area contributed by atoms with Crippen molar-refractivity contribution in [3.05, 3.63) is 47.5 Å². The van der Waals surface area contributed by atoms with Gasteiger partial charge >= 0.3 is 6.03 Å². The van der Waals surface area contributed by atoms with E-state index >= 15 is 0 Å². The smallest absolute Gasteiger partial charge is 0.321 e. The van der Waals surface area contributed by atoms with Crippen LogP contribution in [0.3, 0.4) is 0 Å². The number of benzene rings is 1. The first-order valence-electron chi connectivity index (χ1n) is 7.81. The minimum atomic E-state index is -0.293. The van der Waals surface area contributed by atoms with Gasteiger partial charge in [0.2, 0.25) is 0 Å². The summed E-state index contributed by atoms with van der Waals surface area (Å²) in [5.41, 5.74) is 2.59. The summed E-state index contributed by atoms with van der Waals surface area (Å²) in [5, 5.41) is 7.05. The molecule has 0 bridgehead atoms. The molecule has 1 aromatic carbocycles. The van der Waals surface area contributed by atoms with Crippen LogP contribution in [0.15, 0.2) is 30.6 Å². The van der Waals surface area contributed by atoms with Crippen molar-refractivity contribution in [1.29, 1.82) is 0 Å². The summed E-state index contributed by atoms with van der Waals surface area (Å²) in [6.07, 6.45) is 5.83. The molecule has 1 aliphatic heterocycles. The number of aryl methyl sites for hydroxylation is 2. The molecule has 1 fully saturated rings. The first-order chi connectivity index (χ1) is 11.0. The molecule has 0 aliphatic carbocycles. The number of halogens is 1. The van der Waals surface area contributed by atoms with Gasteiger partial charge in [-0.25, -0.2) is 9.18 Å². The van der Waals surface area contributed by atoms with Gasteiger partial charge in [-0.3, -0.25) is 4.68 Å². The molecule has 1 N–H and O–H groups in total. The highest BCUT2D eigenvalue weighted by molar-refractivity contribution is 5.90. The predicted molar refractivity (Wildman–Crippen MR) is 86.7 cm³/mol. The minimum Gasteiger partial charge on any atom is -0.324 e. The molecule has 23 heavy (non-hydrogen) atoms. The lowest BCUT2D eigenvalue weighted by atomic mass is 10.0. The molecule has 0 saturated carbocycles. The first-order valence-corrected chi connectivity index (χ1v) is 7.81. The lowest BCUT2D eigenvalue weighted by molar-refractivity contribution is 0.221. The van der Waals surface area contributed by atoms with E-state index in [9.17, 15) is 9.18 Å². The van der Waals surface area contributed by atoms with Crippen LogP contribution in [0.1, 0.15) is 17.5 Å². The number of carbonyl (C=O) groups excluding carboxylic acids is 1. The van der Waals surface area contributed by atoms with Gasteiger partial charge in [0.15, 0.2) is 0 Å². The van der Waals surface area contributed by atoms with E-state index in [1.54, 1.807) is 17.7 Å². The van der Waals surface area contributed by atoms with Crippen molar-refractivity contribution < 1.29 is 9.18 Å². The Labute approximate surface area is 135 Å². The number of aromatic nitrogens is 2. The van der Waals surface area contributed by atoms with E-state index in [0.29, 0.717) is 11.6 Å². The van der Waals surface area contributed by atoms with Crippen LogP contribution in [0.5, 0.6) is 0 Å². The minimum absolute atomic E-state index is 0.117. The fraction of sp³-hybridized carbons (Fsp3) is 0.412. The summed E-state index contributed by atoms with van der Waals surface area (Å²) >= 11 is 0. The standard InChI is InChI=1S/C17H21FN4O/c1-12-7-15(18)3-4-16(12)20-17(23)22-6-5-13(11-22)8-14-9-19-21(2)10-14/h3-4,7,9-10,13H,5-6,8,11H2,1-2H3,(H,20,23). The van der Waals surface area contributed by atoms with Crippen LogP contribution in [0.2, 0.25) is 0 Å². The molecule has 122 valence electrons. The Bertz CT molecular complexity index is 712. The van der Waals surface area contributed by atoms with E-state index in [1.165, 1.54) is 17.7 Å². The fourth-order valence-electron chi connectivity index (χ4n) is 3.06. The second kappa shape index (κ2) is 6.40. The maximum atomic E-state index is 13.1. The van der Waals surface area contributed by atoms with Crippen LogP contribution in [0.4, 0.5) is 14.9 Å². The predicted octanol–water partition coefficient (Wildman–Crippen LogP) is 2.96. The van der Waals surface area contributed by atoms with Gasteiger partial charge in [0.25, 0.3) is 0 Å². The maximum absolute atomic E-state index is 13.1. The summed E-state index contributed by atoms with van der Waals surface area (Å²) in [6.45, 7) is 3.27. The first kappa shape index (κ1) is 15.5. The molecule has 1 aromatic heterocycles. The van der Waals surface area contributed by atoms with Gasteiger partial charge in [-0.1, -0.05) is 0 Å². The van der Waals surface area contributed by atoms with Crippen molar-refractivity contribution in [3.63, 3.8) is 0 Å². The van der Waals surface area contributed by atoms with Gasteiger partial charge in [-0.2, -0.15) is 5.10 Å². The van der Waals surface area contributed by atoms with Crippen molar-refractivity contribution in [2.45, 2.75) is 19.8 Å². The number of nitrogens with zero attached hydrogens (tertiary/aromatic N) is 3.